The van der Waals surface area contributed by atoms with Gasteiger partial charge >= 0.3 is 0 Å². The number of amides is 1. The molecule has 0 N–H and O–H groups in total. The van der Waals surface area contributed by atoms with E-state index in [1.165, 1.54) is 11.0 Å². The molecule has 0 fully saturated rings. The van der Waals surface area contributed by atoms with Gasteiger partial charge in [-0.05, 0) is 24.3 Å². The molecule has 0 bridgehead atoms. The number of aromatic nitrogens is 2. The molecule has 2 heterocycles. The van der Waals surface area contributed by atoms with Crippen LogP contribution in [0.2, 0.25) is 0 Å². The first kappa shape index (κ1) is 15.0. The molecule has 0 spiro atoms. The first-order valence-corrected chi connectivity index (χ1v) is 7.22. The molecule has 0 unspecified atom stereocenters. The van der Waals surface area contributed by atoms with Gasteiger partial charge in [0.15, 0.2) is 11.6 Å². The topological polar surface area (TPSA) is 46.8 Å². The van der Waals surface area contributed by atoms with Crippen molar-refractivity contribution in [3.8, 4) is 5.75 Å². The van der Waals surface area contributed by atoms with Gasteiger partial charge in [0.25, 0.3) is 5.91 Å². The molecule has 0 radical (unpaired) electrons. The van der Waals surface area contributed by atoms with Crippen LogP contribution in [0.1, 0.15) is 10.4 Å². The Bertz CT molecular complexity index is 831. The summed E-state index contributed by atoms with van der Waals surface area (Å²) in [5.41, 5.74) is 1.28. The van der Waals surface area contributed by atoms with E-state index >= 15 is 0 Å². The van der Waals surface area contributed by atoms with Crippen LogP contribution in [0.15, 0.2) is 54.9 Å². The third-order valence-electron chi connectivity index (χ3n) is 3.52. The quantitative estimate of drug-likeness (QED) is 0.727. The molecule has 0 aliphatic rings. The van der Waals surface area contributed by atoms with Crippen LogP contribution >= 0.6 is 0 Å². The fourth-order valence-electron chi connectivity index (χ4n) is 2.26. The standard InChI is InChI=1S/C17H16FN3O2/c1-20(10-11-23-16-8-3-2-6-14(16)18)17(22)13-12-19-21-9-5-4-7-15(13)21/h2-9,12H,10-11H2,1H3. The van der Waals surface area contributed by atoms with Gasteiger partial charge in [-0.15, -0.1) is 0 Å². The van der Waals surface area contributed by atoms with Gasteiger partial charge in [0.05, 0.1) is 23.8 Å². The number of nitrogens with zero attached hydrogens (tertiary/aromatic N) is 3. The predicted molar refractivity (Wildman–Crippen MR) is 84.0 cm³/mol. The Morgan fingerprint density at radius 3 is 2.87 bits per heavy atom. The molecule has 1 aromatic carbocycles. The van der Waals surface area contributed by atoms with Crippen molar-refractivity contribution in [3.05, 3.63) is 66.2 Å². The SMILES string of the molecule is CN(CCOc1ccccc1F)C(=O)c1cnn2ccccc12. The van der Waals surface area contributed by atoms with Crippen LogP contribution in [0, 0.1) is 5.82 Å². The molecule has 3 aromatic rings. The van der Waals surface area contributed by atoms with Gasteiger partial charge in [0, 0.05) is 13.2 Å². The fraction of sp³-hybridized carbons (Fsp3) is 0.176. The zero-order chi connectivity index (χ0) is 16.2. The van der Waals surface area contributed by atoms with Gasteiger partial charge in [-0.2, -0.15) is 5.10 Å². The zero-order valence-corrected chi connectivity index (χ0v) is 12.6. The molecule has 0 aliphatic heterocycles. The third kappa shape index (κ3) is 3.15. The maximum absolute atomic E-state index is 13.5. The smallest absolute Gasteiger partial charge is 0.257 e. The minimum absolute atomic E-state index is 0.150. The number of hydrogen-bond acceptors (Lipinski definition) is 3. The average molecular weight is 313 g/mol. The van der Waals surface area contributed by atoms with Crippen LogP contribution in [0.5, 0.6) is 5.75 Å². The summed E-state index contributed by atoms with van der Waals surface area (Å²) in [5.74, 6) is -0.378. The molecule has 0 aliphatic carbocycles. The molecule has 23 heavy (non-hydrogen) atoms. The highest BCUT2D eigenvalue weighted by Crippen LogP contribution is 2.15. The summed E-state index contributed by atoms with van der Waals surface area (Å²) in [7, 11) is 1.68. The molecule has 6 heteroatoms. The van der Waals surface area contributed by atoms with Crippen LogP contribution < -0.4 is 4.74 Å². The lowest BCUT2D eigenvalue weighted by Crippen LogP contribution is -2.30. The minimum atomic E-state index is -0.413. The second-order valence-corrected chi connectivity index (χ2v) is 5.09. The second kappa shape index (κ2) is 6.48. The van der Waals surface area contributed by atoms with E-state index < -0.39 is 5.82 Å². The number of pyridine rings is 1. The maximum Gasteiger partial charge on any atom is 0.257 e. The lowest BCUT2D eigenvalue weighted by molar-refractivity contribution is 0.0775. The van der Waals surface area contributed by atoms with Crippen molar-refractivity contribution in [2.45, 2.75) is 0 Å². The lowest BCUT2D eigenvalue weighted by atomic mass is 10.2. The number of benzene rings is 1. The molecule has 5 nitrogen and oxygen atoms in total. The summed E-state index contributed by atoms with van der Waals surface area (Å²) in [6.45, 7) is 0.555. The monoisotopic (exact) mass is 313 g/mol. The van der Waals surface area contributed by atoms with E-state index in [0.29, 0.717) is 12.1 Å². The van der Waals surface area contributed by atoms with E-state index in [-0.39, 0.29) is 18.3 Å². The van der Waals surface area contributed by atoms with E-state index in [4.69, 9.17) is 4.74 Å². The van der Waals surface area contributed by atoms with Gasteiger partial charge in [0.2, 0.25) is 0 Å². The average Bonchev–Trinajstić information content (AvgIpc) is 3.00. The van der Waals surface area contributed by atoms with Crippen LogP contribution in [0.4, 0.5) is 4.39 Å². The number of ether oxygens (including phenoxy) is 1. The number of hydrogen-bond donors (Lipinski definition) is 0. The van der Waals surface area contributed by atoms with Gasteiger partial charge < -0.3 is 9.64 Å². The normalized spacial score (nSPS) is 10.7. The highest BCUT2D eigenvalue weighted by molar-refractivity contribution is 6.00. The van der Waals surface area contributed by atoms with Gasteiger partial charge in [0.1, 0.15) is 6.61 Å². The Labute approximate surface area is 132 Å². The molecule has 0 saturated heterocycles. The predicted octanol–water partition coefficient (Wildman–Crippen LogP) is 2.62. The zero-order valence-electron chi connectivity index (χ0n) is 12.6. The Kier molecular flexibility index (Phi) is 4.23. The maximum atomic E-state index is 13.5. The van der Waals surface area contributed by atoms with Gasteiger partial charge in [-0.25, -0.2) is 8.91 Å². The number of carbonyl (C=O) groups is 1. The van der Waals surface area contributed by atoms with E-state index in [0.717, 1.165) is 5.52 Å². The largest absolute Gasteiger partial charge is 0.489 e. The first-order chi connectivity index (χ1) is 11.2. The van der Waals surface area contributed by atoms with Crippen molar-refractivity contribution in [2.75, 3.05) is 20.2 Å². The van der Waals surface area contributed by atoms with Crippen LogP contribution in [0.25, 0.3) is 5.52 Å². The highest BCUT2D eigenvalue weighted by Gasteiger charge is 2.16. The van der Waals surface area contributed by atoms with Gasteiger partial charge in [-0.3, -0.25) is 4.79 Å². The summed E-state index contributed by atoms with van der Waals surface area (Å²) < 4.78 is 20.5. The Morgan fingerprint density at radius 2 is 2.04 bits per heavy atom. The Balaban J connectivity index is 1.63. The van der Waals surface area contributed by atoms with Crippen LogP contribution in [0.3, 0.4) is 0 Å². The minimum Gasteiger partial charge on any atom is -0.489 e. The van der Waals surface area contributed by atoms with Crippen molar-refractivity contribution >= 4 is 11.4 Å². The second-order valence-electron chi connectivity index (χ2n) is 5.09. The molecule has 2 aromatic heterocycles. The molecular formula is C17H16FN3O2. The molecule has 3 rings (SSSR count). The van der Waals surface area contributed by atoms with Crippen molar-refractivity contribution in [2.24, 2.45) is 0 Å². The number of likely N-dealkylation sites (N-methyl/N-ethyl adjacent to an activating group) is 1. The first-order valence-electron chi connectivity index (χ1n) is 7.22. The summed E-state index contributed by atoms with van der Waals surface area (Å²) >= 11 is 0. The van der Waals surface area contributed by atoms with E-state index in [1.807, 2.05) is 18.2 Å². The van der Waals surface area contributed by atoms with Crippen molar-refractivity contribution < 1.29 is 13.9 Å². The Morgan fingerprint density at radius 1 is 1.26 bits per heavy atom. The van der Waals surface area contributed by atoms with E-state index in [1.54, 1.807) is 42.2 Å². The van der Waals surface area contributed by atoms with E-state index in [2.05, 4.69) is 5.10 Å². The Hall–Kier alpha value is -2.89. The van der Waals surface area contributed by atoms with Crippen molar-refractivity contribution in [1.29, 1.82) is 0 Å². The number of halogens is 1. The summed E-state index contributed by atoms with van der Waals surface area (Å²) in [5, 5.41) is 4.15. The van der Waals surface area contributed by atoms with Crippen molar-refractivity contribution in [1.82, 2.24) is 14.5 Å². The number of fused-ring (bicyclic) bond motifs is 1. The molecular weight excluding hydrogens is 297 g/mol. The third-order valence-corrected chi connectivity index (χ3v) is 3.52. The van der Waals surface area contributed by atoms with E-state index in [9.17, 15) is 9.18 Å². The number of rotatable bonds is 5. The summed E-state index contributed by atoms with van der Waals surface area (Å²) in [4.78, 5) is 14.0. The summed E-state index contributed by atoms with van der Waals surface area (Å²) in [6, 6.07) is 11.7. The number of para-hydroxylation sites is 1. The van der Waals surface area contributed by atoms with Crippen LogP contribution in [-0.2, 0) is 0 Å². The lowest BCUT2D eigenvalue weighted by Gasteiger charge is -2.17. The van der Waals surface area contributed by atoms with Gasteiger partial charge in [-0.1, -0.05) is 18.2 Å². The van der Waals surface area contributed by atoms with Crippen LogP contribution in [-0.4, -0.2) is 40.6 Å². The highest BCUT2D eigenvalue weighted by atomic mass is 19.1. The fourth-order valence-corrected chi connectivity index (χ4v) is 2.26. The molecule has 118 valence electrons. The summed E-state index contributed by atoms with van der Waals surface area (Å²) in [6.07, 6.45) is 3.33. The van der Waals surface area contributed by atoms with Crippen molar-refractivity contribution in [3.63, 3.8) is 0 Å². The molecule has 0 saturated carbocycles. The molecule has 0 atom stereocenters. The number of carbonyl (C=O) groups excluding carboxylic acids is 1. The molecule has 1 amide bonds.